The Morgan fingerprint density at radius 3 is 2.73 bits per heavy atom. The minimum atomic E-state index is 0.326. The summed E-state index contributed by atoms with van der Waals surface area (Å²) in [4.78, 5) is 0. The maximum absolute atomic E-state index is 5.02. The van der Waals surface area contributed by atoms with Gasteiger partial charge in [-0.2, -0.15) is 0 Å². The van der Waals surface area contributed by atoms with Crippen molar-refractivity contribution >= 4 is 0 Å². The maximum atomic E-state index is 5.02. The van der Waals surface area contributed by atoms with Gasteiger partial charge >= 0.3 is 0 Å². The Morgan fingerprint density at radius 2 is 2.27 bits per heavy atom. The number of hydrogen-bond donors (Lipinski definition) is 0. The Kier molecular flexibility index (Phi) is 5.26. The van der Waals surface area contributed by atoms with Crippen molar-refractivity contribution in [1.82, 2.24) is 0 Å². The molecule has 62 valence electrons. The second kappa shape index (κ2) is 5.78. The number of ether oxygens (including phenoxy) is 1. The van der Waals surface area contributed by atoms with E-state index in [4.69, 9.17) is 4.74 Å². The van der Waals surface area contributed by atoms with Crippen molar-refractivity contribution in [2.24, 2.45) is 5.92 Å². The van der Waals surface area contributed by atoms with Crippen LogP contribution in [-0.4, -0.2) is 6.61 Å². The molecular formula is C10H16O. The molecule has 0 aliphatic rings. The van der Waals surface area contributed by atoms with Crippen molar-refractivity contribution in [2.75, 3.05) is 6.61 Å². The van der Waals surface area contributed by atoms with Crippen molar-refractivity contribution < 1.29 is 4.74 Å². The van der Waals surface area contributed by atoms with Gasteiger partial charge in [0.1, 0.15) is 0 Å². The van der Waals surface area contributed by atoms with E-state index in [0.717, 1.165) is 5.57 Å². The van der Waals surface area contributed by atoms with Crippen LogP contribution in [0, 0.1) is 5.92 Å². The fraction of sp³-hybridized carbons (Fsp3) is 0.400. The van der Waals surface area contributed by atoms with Crippen LogP contribution in [0.1, 0.15) is 13.8 Å². The summed E-state index contributed by atoms with van der Waals surface area (Å²) in [5.41, 5.74) is 1.02. The number of rotatable bonds is 5. The molecule has 0 fully saturated rings. The second-order valence-corrected chi connectivity index (χ2v) is 2.36. The van der Waals surface area contributed by atoms with Gasteiger partial charge in [0.05, 0.1) is 12.9 Å². The van der Waals surface area contributed by atoms with Gasteiger partial charge in [-0.25, -0.2) is 0 Å². The van der Waals surface area contributed by atoms with Crippen LogP contribution in [0.3, 0.4) is 0 Å². The molecule has 0 spiro atoms. The van der Waals surface area contributed by atoms with Gasteiger partial charge in [0.2, 0.25) is 0 Å². The molecule has 0 aromatic carbocycles. The molecule has 0 saturated heterocycles. The molecule has 0 bridgehead atoms. The van der Waals surface area contributed by atoms with Crippen molar-refractivity contribution in [1.29, 1.82) is 0 Å². The van der Waals surface area contributed by atoms with E-state index in [1.807, 2.05) is 26.0 Å². The van der Waals surface area contributed by atoms with Crippen LogP contribution >= 0.6 is 0 Å². The van der Waals surface area contributed by atoms with Gasteiger partial charge in [0.25, 0.3) is 0 Å². The van der Waals surface area contributed by atoms with Crippen LogP contribution < -0.4 is 0 Å². The van der Waals surface area contributed by atoms with Gasteiger partial charge in [-0.1, -0.05) is 19.6 Å². The molecule has 0 aromatic rings. The third-order valence-corrected chi connectivity index (χ3v) is 1.48. The van der Waals surface area contributed by atoms with Crippen LogP contribution in [-0.2, 0) is 4.74 Å². The third kappa shape index (κ3) is 4.43. The third-order valence-electron chi connectivity index (χ3n) is 1.48. The Bertz CT molecular complexity index is 156. The van der Waals surface area contributed by atoms with Crippen LogP contribution in [0.25, 0.3) is 0 Å². The summed E-state index contributed by atoms with van der Waals surface area (Å²) >= 11 is 0. The van der Waals surface area contributed by atoms with Crippen molar-refractivity contribution in [3.05, 3.63) is 37.1 Å². The summed E-state index contributed by atoms with van der Waals surface area (Å²) in [6.07, 6.45) is 5.40. The number of allylic oxidation sites excluding steroid dienone is 3. The minimum Gasteiger partial charge on any atom is -0.501 e. The molecule has 0 aliphatic heterocycles. The molecule has 1 unspecified atom stereocenters. The average Bonchev–Trinajstić information content (AvgIpc) is 2.03. The lowest BCUT2D eigenvalue weighted by Gasteiger charge is -2.03. The first-order valence-electron chi connectivity index (χ1n) is 3.81. The normalized spacial score (nSPS) is 12.9. The number of hydrogen-bond acceptors (Lipinski definition) is 1. The fourth-order valence-corrected chi connectivity index (χ4v) is 0.535. The standard InChI is InChI=1S/C10H16O/c1-5-9(3)10(4)7-8-11-6-2/h5,7-9H,1,4,6H2,2-3H3. The van der Waals surface area contributed by atoms with E-state index in [1.54, 1.807) is 6.26 Å². The molecule has 1 nitrogen and oxygen atoms in total. The molecule has 0 heterocycles. The van der Waals surface area contributed by atoms with Crippen molar-refractivity contribution in [3.8, 4) is 0 Å². The molecule has 1 atom stereocenters. The molecule has 0 aliphatic carbocycles. The van der Waals surface area contributed by atoms with E-state index < -0.39 is 0 Å². The quantitative estimate of drug-likeness (QED) is 0.334. The highest BCUT2D eigenvalue weighted by molar-refractivity contribution is 5.19. The van der Waals surface area contributed by atoms with Gasteiger partial charge in [-0.3, -0.25) is 0 Å². The summed E-state index contributed by atoms with van der Waals surface area (Å²) in [5.74, 6) is 0.326. The molecule has 11 heavy (non-hydrogen) atoms. The summed E-state index contributed by atoms with van der Waals surface area (Å²) in [6.45, 7) is 12.2. The Morgan fingerprint density at radius 1 is 1.64 bits per heavy atom. The highest BCUT2D eigenvalue weighted by atomic mass is 16.5. The molecule has 0 aromatic heterocycles. The minimum absolute atomic E-state index is 0.326. The topological polar surface area (TPSA) is 9.23 Å². The predicted molar refractivity (Wildman–Crippen MR) is 49.3 cm³/mol. The van der Waals surface area contributed by atoms with Gasteiger partial charge in [-0.15, -0.1) is 6.58 Å². The van der Waals surface area contributed by atoms with E-state index >= 15 is 0 Å². The zero-order valence-corrected chi connectivity index (χ0v) is 7.34. The van der Waals surface area contributed by atoms with Gasteiger partial charge in [0.15, 0.2) is 0 Å². The highest BCUT2D eigenvalue weighted by Gasteiger charge is 1.95. The van der Waals surface area contributed by atoms with Gasteiger partial charge in [-0.05, 0) is 24.5 Å². The monoisotopic (exact) mass is 152 g/mol. The Hall–Kier alpha value is -0.980. The first kappa shape index (κ1) is 10.0. The van der Waals surface area contributed by atoms with Gasteiger partial charge in [0, 0.05) is 0 Å². The first-order chi connectivity index (χ1) is 5.22. The Labute approximate surface area is 69.1 Å². The lowest BCUT2D eigenvalue weighted by Crippen LogP contribution is -1.90. The average molecular weight is 152 g/mol. The van der Waals surface area contributed by atoms with Crippen molar-refractivity contribution in [3.63, 3.8) is 0 Å². The summed E-state index contributed by atoms with van der Waals surface area (Å²) in [7, 11) is 0. The van der Waals surface area contributed by atoms with E-state index in [9.17, 15) is 0 Å². The summed E-state index contributed by atoms with van der Waals surface area (Å²) in [6, 6.07) is 0. The molecule has 0 rings (SSSR count). The lowest BCUT2D eigenvalue weighted by molar-refractivity contribution is 0.269. The Balaban J connectivity index is 3.76. The van der Waals surface area contributed by atoms with Crippen LogP contribution in [0.5, 0.6) is 0 Å². The van der Waals surface area contributed by atoms with E-state index in [2.05, 4.69) is 13.2 Å². The van der Waals surface area contributed by atoms with E-state index in [0.29, 0.717) is 12.5 Å². The fourth-order valence-electron chi connectivity index (χ4n) is 0.535. The second-order valence-electron chi connectivity index (χ2n) is 2.36. The van der Waals surface area contributed by atoms with Crippen LogP contribution in [0.4, 0.5) is 0 Å². The first-order valence-corrected chi connectivity index (χ1v) is 3.81. The van der Waals surface area contributed by atoms with E-state index in [-0.39, 0.29) is 0 Å². The molecule has 0 amide bonds. The zero-order chi connectivity index (χ0) is 8.69. The molecule has 0 N–H and O–H groups in total. The van der Waals surface area contributed by atoms with Crippen LogP contribution in [0.2, 0.25) is 0 Å². The SMILES string of the molecule is C=CC(C)C(=C)C=COCC. The smallest absolute Gasteiger partial charge is 0.0845 e. The largest absolute Gasteiger partial charge is 0.501 e. The van der Waals surface area contributed by atoms with Crippen molar-refractivity contribution in [2.45, 2.75) is 13.8 Å². The molecular weight excluding hydrogens is 136 g/mol. The maximum Gasteiger partial charge on any atom is 0.0845 e. The summed E-state index contributed by atoms with van der Waals surface area (Å²) < 4.78 is 5.02. The molecule has 0 radical (unpaired) electrons. The van der Waals surface area contributed by atoms with E-state index in [1.165, 1.54) is 0 Å². The zero-order valence-electron chi connectivity index (χ0n) is 7.34. The molecule has 1 heteroatoms. The van der Waals surface area contributed by atoms with Gasteiger partial charge < -0.3 is 4.74 Å². The highest BCUT2D eigenvalue weighted by Crippen LogP contribution is 2.09. The predicted octanol–water partition coefficient (Wildman–Crippen LogP) is 2.91. The molecule has 0 saturated carbocycles. The van der Waals surface area contributed by atoms with Crippen LogP contribution in [0.15, 0.2) is 37.1 Å². The summed E-state index contributed by atoms with van der Waals surface area (Å²) in [5, 5.41) is 0. The lowest BCUT2D eigenvalue weighted by atomic mass is 10.0.